The van der Waals surface area contributed by atoms with E-state index in [4.69, 9.17) is 5.84 Å². The molecule has 0 aliphatic heterocycles. The van der Waals surface area contributed by atoms with E-state index in [0.717, 1.165) is 23.4 Å². The number of hydrazine groups is 1. The largest absolute Gasteiger partial charge is 0.416 e. The molecule has 1 aromatic rings. The van der Waals surface area contributed by atoms with E-state index in [2.05, 4.69) is 5.43 Å². The predicted molar refractivity (Wildman–Crippen MR) is 81.0 cm³/mol. The molecule has 1 aliphatic carbocycles. The fourth-order valence-corrected chi connectivity index (χ4v) is 3.97. The van der Waals surface area contributed by atoms with E-state index in [9.17, 15) is 13.2 Å². The Morgan fingerprint density at radius 3 is 2.33 bits per heavy atom. The summed E-state index contributed by atoms with van der Waals surface area (Å²) in [5, 5.41) is 0.716. The van der Waals surface area contributed by atoms with Crippen molar-refractivity contribution in [3.63, 3.8) is 0 Å². The number of nitrogens with two attached hydrogens (primary N) is 1. The van der Waals surface area contributed by atoms with E-state index in [1.165, 1.54) is 37.8 Å². The van der Waals surface area contributed by atoms with Crippen LogP contribution in [0, 0.1) is 0 Å². The fraction of sp³-hybridized carbons (Fsp3) is 0.600. The first-order valence-electron chi connectivity index (χ1n) is 7.23. The minimum absolute atomic E-state index is 0.0901. The average molecular weight is 318 g/mol. The van der Waals surface area contributed by atoms with Gasteiger partial charge in [-0.2, -0.15) is 24.9 Å². The second-order valence-corrected chi connectivity index (χ2v) is 6.84. The normalized spacial score (nSPS) is 18.1. The van der Waals surface area contributed by atoms with Crippen LogP contribution in [0.15, 0.2) is 24.3 Å². The molecule has 0 amide bonds. The molecule has 1 saturated carbocycles. The third-order valence-corrected chi connectivity index (χ3v) is 5.37. The lowest BCUT2D eigenvalue weighted by molar-refractivity contribution is -0.137. The lowest BCUT2D eigenvalue weighted by Crippen LogP contribution is -2.39. The number of alkyl halides is 3. The summed E-state index contributed by atoms with van der Waals surface area (Å²) >= 11 is 1.92. The van der Waals surface area contributed by atoms with E-state index in [-0.39, 0.29) is 6.04 Å². The monoisotopic (exact) mass is 318 g/mol. The van der Waals surface area contributed by atoms with Gasteiger partial charge < -0.3 is 0 Å². The zero-order chi connectivity index (χ0) is 15.3. The van der Waals surface area contributed by atoms with Crippen molar-refractivity contribution in [1.29, 1.82) is 0 Å². The molecular weight excluding hydrogens is 297 g/mol. The molecule has 1 aliphatic rings. The predicted octanol–water partition coefficient (Wildman–Crippen LogP) is 3.76. The molecule has 0 spiro atoms. The number of hydrogen-bond donors (Lipinski definition) is 2. The number of thioether (sulfide) groups is 1. The first-order valence-corrected chi connectivity index (χ1v) is 8.28. The van der Waals surface area contributed by atoms with E-state index < -0.39 is 11.7 Å². The summed E-state index contributed by atoms with van der Waals surface area (Å²) in [5.74, 6) is 6.45. The maximum atomic E-state index is 12.5. The van der Waals surface area contributed by atoms with Gasteiger partial charge in [0.2, 0.25) is 0 Å². The molecule has 1 atom stereocenters. The van der Waals surface area contributed by atoms with Crippen LogP contribution in [-0.4, -0.2) is 17.0 Å². The molecule has 118 valence electrons. The average Bonchev–Trinajstić information content (AvgIpc) is 2.96. The number of rotatable bonds is 6. The number of benzene rings is 1. The SMILES string of the molecule is NNC(CSC1CCCC1)Cc1ccc(C(F)(F)F)cc1. The number of halogens is 3. The Balaban J connectivity index is 1.85. The number of nitrogens with one attached hydrogen (secondary N) is 1. The van der Waals surface area contributed by atoms with Crippen LogP contribution in [-0.2, 0) is 12.6 Å². The highest BCUT2D eigenvalue weighted by Crippen LogP contribution is 2.31. The summed E-state index contributed by atoms with van der Waals surface area (Å²) in [6.07, 6.45) is 1.51. The Morgan fingerprint density at radius 2 is 1.81 bits per heavy atom. The summed E-state index contributed by atoms with van der Waals surface area (Å²) in [7, 11) is 0. The lowest BCUT2D eigenvalue weighted by atomic mass is 10.1. The molecule has 1 aromatic carbocycles. The molecule has 1 unspecified atom stereocenters. The van der Waals surface area contributed by atoms with E-state index in [0.29, 0.717) is 11.7 Å². The molecule has 0 bridgehead atoms. The van der Waals surface area contributed by atoms with Crippen LogP contribution in [0.25, 0.3) is 0 Å². The van der Waals surface area contributed by atoms with Gasteiger partial charge in [0.05, 0.1) is 5.56 Å². The molecule has 1 fully saturated rings. The van der Waals surface area contributed by atoms with Crippen molar-refractivity contribution in [2.24, 2.45) is 5.84 Å². The van der Waals surface area contributed by atoms with Gasteiger partial charge in [0.15, 0.2) is 0 Å². The minimum Gasteiger partial charge on any atom is -0.271 e. The van der Waals surface area contributed by atoms with Gasteiger partial charge in [-0.3, -0.25) is 11.3 Å². The van der Waals surface area contributed by atoms with Crippen molar-refractivity contribution in [2.45, 2.75) is 49.6 Å². The Labute approximate surface area is 127 Å². The van der Waals surface area contributed by atoms with Crippen LogP contribution < -0.4 is 11.3 Å². The van der Waals surface area contributed by atoms with Crippen molar-refractivity contribution >= 4 is 11.8 Å². The maximum Gasteiger partial charge on any atom is 0.416 e. The first-order chi connectivity index (χ1) is 9.99. The second-order valence-electron chi connectivity index (χ2n) is 5.50. The van der Waals surface area contributed by atoms with Crippen molar-refractivity contribution < 1.29 is 13.2 Å². The van der Waals surface area contributed by atoms with E-state index in [1.54, 1.807) is 0 Å². The smallest absolute Gasteiger partial charge is 0.271 e. The van der Waals surface area contributed by atoms with Crippen LogP contribution in [0.1, 0.15) is 36.8 Å². The van der Waals surface area contributed by atoms with Gasteiger partial charge in [0, 0.05) is 17.0 Å². The topological polar surface area (TPSA) is 38.0 Å². The Kier molecular flexibility index (Phi) is 5.96. The van der Waals surface area contributed by atoms with E-state index >= 15 is 0 Å². The van der Waals surface area contributed by atoms with Gasteiger partial charge in [0.25, 0.3) is 0 Å². The van der Waals surface area contributed by atoms with Crippen molar-refractivity contribution in [3.8, 4) is 0 Å². The van der Waals surface area contributed by atoms with Crippen LogP contribution in [0.2, 0.25) is 0 Å². The lowest BCUT2D eigenvalue weighted by Gasteiger charge is -2.18. The third-order valence-electron chi connectivity index (χ3n) is 3.83. The van der Waals surface area contributed by atoms with Crippen LogP contribution in [0.5, 0.6) is 0 Å². The highest BCUT2D eigenvalue weighted by atomic mass is 32.2. The van der Waals surface area contributed by atoms with Crippen LogP contribution in [0.4, 0.5) is 13.2 Å². The molecular formula is C15H21F3N2S. The van der Waals surface area contributed by atoms with Crippen molar-refractivity contribution in [1.82, 2.24) is 5.43 Å². The second kappa shape index (κ2) is 7.51. The summed E-state index contributed by atoms with van der Waals surface area (Å²) in [4.78, 5) is 0. The van der Waals surface area contributed by atoms with Gasteiger partial charge in [-0.05, 0) is 37.0 Å². The van der Waals surface area contributed by atoms with E-state index in [1.807, 2.05) is 11.8 Å². The fourth-order valence-electron chi connectivity index (χ4n) is 2.59. The molecule has 6 heteroatoms. The third kappa shape index (κ3) is 5.20. The molecule has 0 aromatic heterocycles. The summed E-state index contributed by atoms with van der Waals surface area (Å²) < 4.78 is 37.5. The highest BCUT2D eigenvalue weighted by molar-refractivity contribution is 7.99. The standard InChI is InChI=1S/C15H21F3N2S/c16-15(17,18)12-7-5-11(6-8-12)9-13(20-19)10-21-14-3-1-2-4-14/h5-8,13-14,20H,1-4,9-10,19H2. The number of hydrogen-bond acceptors (Lipinski definition) is 3. The molecule has 0 saturated heterocycles. The Hall–Kier alpha value is -0.720. The van der Waals surface area contributed by atoms with Gasteiger partial charge in [-0.25, -0.2) is 0 Å². The van der Waals surface area contributed by atoms with Crippen LogP contribution >= 0.6 is 11.8 Å². The van der Waals surface area contributed by atoms with Gasteiger partial charge in [0.1, 0.15) is 0 Å². The molecule has 0 heterocycles. The van der Waals surface area contributed by atoms with Gasteiger partial charge in [-0.1, -0.05) is 25.0 Å². The molecule has 21 heavy (non-hydrogen) atoms. The summed E-state index contributed by atoms with van der Waals surface area (Å²) in [6.45, 7) is 0. The molecule has 0 radical (unpaired) electrons. The van der Waals surface area contributed by atoms with Gasteiger partial charge >= 0.3 is 6.18 Å². The Morgan fingerprint density at radius 1 is 1.19 bits per heavy atom. The summed E-state index contributed by atoms with van der Waals surface area (Å²) in [6, 6.07) is 5.42. The molecule has 3 N–H and O–H groups in total. The van der Waals surface area contributed by atoms with Crippen molar-refractivity contribution in [3.05, 3.63) is 35.4 Å². The summed E-state index contributed by atoms with van der Waals surface area (Å²) in [5.41, 5.74) is 3.04. The zero-order valence-corrected chi connectivity index (χ0v) is 12.6. The first kappa shape index (κ1) is 16.6. The highest BCUT2D eigenvalue weighted by Gasteiger charge is 2.30. The van der Waals surface area contributed by atoms with Gasteiger partial charge in [-0.15, -0.1) is 0 Å². The maximum absolute atomic E-state index is 12.5. The Bertz CT molecular complexity index is 428. The van der Waals surface area contributed by atoms with Crippen LogP contribution in [0.3, 0.4) is 0 Å². The molecule has 2 rings (SSSR count). The minimum atomic E-state index is -4.28. The molecule has 2 nitrogen and oxygen atoms in total. The zero-order valence-electron chi connectivity index (χ0n) is 11.8. The quantitative estimate of drug-likeness (QED) is 0.619. The van der Waals surface area contributed by atoms with Crippen molar-refractivity contribution in [2.75, 3.05) is 5.75 Å².